The Labute approximate surface area is 285 Å². The molecule has 3 atom stereocenters. The van der Waals surface area contributed by atoms with Crippen LogP contribution in [0.25, 0.3) is 11.1 Å². The second kappa shape index (κ2) is 13.4. The van der Waals surface area contributed by atoms with Crippen molar-refractivity contribution in [2.24, 2.45) is 28.3 Å². The highest BCUT2D eigenvalue weighted by atomic mass is 14.9. The van der Waals surface area contributed by atoms with Crippen LogP contribution in [0.1, 0.15) is 87.1 Å². The smallest absolute Gasteiger partial charge is 0.306 e. The van der Waals surface area contributed by atoms with E-state index in [0.29, 0.717) is 17.7 Å². The van der Waals surface area contributed by atoms with Crippen LogP contribution in [0.15, 0.2) is 130 Å². The largest absolute Gasteiger partial charge is 0.368 e. The molecule has 0 aliphatic heterocycles. The van der Waals surface area contributed by atoms with E-state index in [-0.39, 0.29) is 11.6 Å². The van der Waals surface area contributed by atoms with Gasteiger partial charge in [0.1, 0.15) is 6.17 Å². The summed E-state index contributed by atoms with van der Waals surface area (Å²) in [5, 5.41) is 0. The van der Waals surface area contributed by atoms with E-state index in [2.05, 4.69) is 120 Å². The maximum atomic E-state index is 6.33. The van der Waals surface area contributed by atoms with E-state index < -0.39 is 0 Å². The van der Waals surface area contributed by atoms with Gasteiger partial charge in [0.05, 0.1) is 11.0 Å². The van der Waals surface area contributed by atoms with E-state index in [1.165, 1.54) is 55.7 Å². The molecule has 3 aromatic rings. The molecule has 4 aliphatic rings. The minimum atomic E-state index is -0.334. The van der Waals surface area contributed by atoms with Crippen LogP contribution in [0.2, 0.25) is 0 Å². The minimum Gasteiger partial charge on any atom is -0.306 e. The molecule has 4 N–H and O–H groups in total. The number of aliphatic imine (C=N–C) groups is 1. The van der Waals surface area contributed by atoms with E-state index >= 15 is 0 Å². The van der Waals surface area contributed by atoms with Gasteiger partial charge in [0, 0.05) is 6.92 Å². The zero-order valence-corrected chi connectivity index (χ0v) is 28.5. The van der Waals surface area contributed by atoms with Crippen LogP contribution in [-0.2, 0) is 5.41 Å². The van der Waals surface area contributed by atoms with Crippen LogP contribution in [0.4, 0.5) is 0 Å². The van der Waals surface area contributed by atoms with Crippen LogP contribution in [0.5, 0.6) is 0 Å². The predicted molar refractivity (Wildman–Crippen MR) is 204 cm³/mol. The maximum Gasteiger partial charge on any atom is 0.368 e. The number of allylic oxidation sites excluding steroid dienone is 8. The van der Waals surface area contributed by atoms with E-state index in [4.69, 9.17) is 11.5 Å². The summed E-state index contributed by atoms with van der Waals surface area (Å²) < 4.78 is 4.39. The zero-order valence-electron chi connectivity index (χ0n) is 28.5. The molecule has 242 valence electrons. The predicted octanol–water partition coefficient (Wildman–Crippen LogP) is 8.48. The van der Waals surface area contributed by atoms with Crippen LogP contribution in [0.3, 0.4) is 0 Å². The van der Waals surface area contributed by atoms with Crippen LogP contribution in [-0.4, -0.2) is 24.4 Å². The molecule has 7 rings (SSSR count). The molecule has 0 saturated carbocycles. The topological polar surface area (TPSA) is 78.5 Å². The molecule has 4 nitrogen and oxygen atoms in total. The summed E-state index contributed by atoms with van der Waals surface area (Å²) in [4.78, 5) is 4.41. The molecule has 0 saturated heterocycles. The van der Waals surface area contributed by atoms with Gasteiger partial charge in [-0.3, -0.25) is 10.7 Å². The summed E-state index contributed by atoms with van der Waals surface area (Å²) in [6.45, 7) is 6.24. The summed E-state index contributed by atoms with van der Waals surface area (Å²) in [5.74, 6) is 1.66. The van der Waals surface area contributed by atoms with Crippen molar-refractivity contribution in [1.29, 1.82) is 0 Å². The lowest BCUT2D eigenvalue weighted by atomic mass is 9.64. The molecule has 4 heteroatoms. The number of hydrogen-bond donors (Lipinski definition) is 2. The maximum absolute atomic E-state index is 6.33. The number of nitrogens with two attached hydrogens (primary N) is 2. The first-order valence-electron chi connectivity index (χ1n) is 17.6. The normalized spacial score (nSPS) is 22.1. The van der Waals surface area contributed by atoms with Crippen molar-refractivity contribution in [1.82, 2.24) is 4.67 Å². The molecular formula is C44H47N4+. The molecule has 4 aliphatic carbocycles. The first kappa shape index (κ1) is 31.8. The summed E-state index contributed by atoms with van der Waals surface area (Å²) >= 11 is 0. The van der Waals surface area contributed by atoms with E-state index in [9.17, 15) is 0 Å². The molecule has 0 spiro atoms. The molecule has 0 bridgehead atoms. The fraction of sp³-hybridized carbons (Fsp3) is 0.295. The van der Waals surface area contributed by atoms with E-state index in [1.54, 1.807) is 18.0 Å². The molecule has 3 unspecified atom stereocenters. The van der Waals surface area contributed by atoms with Crippen LogP contribution >= 0.6 is 0 Å². The number of nitrogens with zero attached hydrogens (tertiary/aromatic N) is 2. The Balaban J connectivity index is 1.39. The number of fused-ring (bicyclic) bond motifs is 2. The minimum absolute atomic E-state index is 0.259. The molecule has 0 heterocycles. The third kappa shape index (κ3) is 5.49. The second-order valence-corrected chi connectivity index (χ2v) is 13.7. The highest BCUT2D eigenvalue weighted by molar-refractivity contribution is 5.97. The van der Waals surface area contributed by atoms with Gasteiger partial charge in [-0.2, -0.15) is 0 Å². The first-order chi connectivity index (χ1) is 23.4. The van der Waals surface area contributed by atoms with Gasteiger partial charge in [-0.05, 0) is 120 Å². The zero-order chi connectivity index (χ0) is 33.3. The Morgan fingerprint density at radius 2 is 1.65 bits per heavy atom. The van der Waals surface area contributed by atoms with Gasteiger partial charge in [0.25, 0.3) is 0 Å². The summed E-state index contributed by atoms with van der Waals surface area (Å²) in [6, 6.07) is 29.6. The molecule has 48 heavy (non-hydrogen) atoms. The molecule has 0 radical (unpaired) electrons. The van der Waals surface area contributed by atoms with Crippen molar-refractivity contribution in [2.45, 2.75) is 70.9 Å². The van der Waals surface area contributed by atoms with Crippen molar-refractivity contribution in [3.63, 3.8) is 0 Å². The van der Waals surface area contributed by atoms with Crippen molar-refractivity contribution in [3.05, 3.63) is 153 Å². The number of hydrogen-bond acceptors (Lipinski definition) is 2. The fourth-order valence-electron chi connectivity index (χ4n) is 8.75. The summed E-state index contributed by atoms with van der Waals surface area (Å²) in [6.07, 6.45) is 18.7. The first-order valence-corrected chi connectivity index (χ1v) is 17.6. The number of amidine groups is 1. The van der Waals surface area contributed by atoms with Crippen molar-refractivity contribution >= 4 is 29.4 Å². The SMILES string of the molecule is CC=[N+]=C(N)C1=CCC(C2=CC3=C(CC2)C(c2ccccc2)(c2ccccc2)c2ccc(C4=CC=C(C(N)/N=C\C)CC4)cc23)C(C)C1. The average molecular weight is 632 g/mol. The summed E-state index contributed by atoms with van der Waals surface area (Å²) in [7, 11) is 0. The Morgan fingerprint density at radius 1 is 0.917 bits per heavy atom. The number of rotatable bonds is 7. The van der Waals surface area contributed by atoms with Gasteiger partial charge in [-0.25, -0.2) is 4.67 Å². The van der Waals surface area contributed by atoms with E-state index in [1.807, 2.05) is 13.8 Å². The third-order valence-corrected chi connectivity index (χ3v) is 11.1. The second-order valence-electron chi connectivity index (χ2n) is 13.7. The molecule has 0 aromatic heterocycles. The lowest BCUT2D eigenvalue weighted by Crippen LogP contribution is -2.31. The number of benzene rings is 3. The van der Waals surface area contributed by atoms with Gasteiger partial charge in [-0.1, -0.05) is 110 Å². The monoisotopic (exact) mass is 631 g/mol. The standard InChI is InChI=1S/C44H46N4/c1-4-47-42(45)31-18-16-30(17-19-31)32-21-24-40-38(27-32)39-28-33(37-23-20-34(26-29(37)3)43(46)48-5-2)22-25-41(39)44(40,35-12-8-6-9-13-35)36-14-10-7-11-15-36/h4-16,18,20-21,24,27-29,37,42,46H,17,19,22-23,25-26,45H2,1-3H3/p+1/b47-4-. The summed E-state index contributed by atoms with van der Waals surface area (Å²) in [5.41, 5.74) is 27.3. The fourth-order valence-corrected chi connectivity index (χ4v) is 8.75. The Bertz CT molecular complexity index is 1920. The lowest BCUT2D eigenvalue weighted by Gasteiger charge is -2.38. The molecular weight excluding hydrogens is 585 g/mol. The van der Waals surface area contributed by atoms with Crippen molar-refractivity contribution in [2.75, 3.05) is 0 Å². The van der Waals surface area contributed by atoms with Crippen molar-refractivity contribution < 1.29 is 0 Å². The third-order valence-electron chi connectivity index (χ3n) is 11.1. The Kier molecular flexibility index (Phi) is 8.88. The van der Waals surface area contributed by atoms with Gasteiger partial charge >= 0.3 is 5.84 Å². The molecule has 0 fully saturated rings. The lowest BCUT2D eigenvalue weighted by molar-refractivity contribution is 0.384. The molecule has 0 amide bonds. The highest BCUT2D eigenvalue weighted by Crippen LogP contribution is 2.59. The van der Waals surface area contributed by atoms with Crippen LogP contribution < -0.4 is 16.1 Å². The van der Waals surface area contributed by atoms with Gasteiger partial charge < -0.3 is 5.73 Å². The Hall–Kier alpha value is -4.76. The van der Waals surface area contributed by atoms with Crippen molar-refractivity contribution in [3.8, 4) is 0 Å². The Morgan fingerprint density at radius 3 is 2.27 bits per heavy atom. The average Bonchev–Trinajstić information content (AvgIpc) is 3.42. The quantitative estimate of drug-likeness (QED) is 0.156. The van der Waals surface area contributed by atoms with Crippen LogP contribution in [0, 0.1) is 11.8 Å². The molecule has 3 aromatic carbocycles. The van der Waals surface area contributed by atoms with Gasteiger partial charge in [0.15, 0.2) is 6.21 Å². The van der Waals surface area contributed by atoms with E-state index in [0.717, 1.165) is 38.5 Å². The highest BCUT2D eigenvalue weighted by Gasteiger charge is 2.48. The van der Waals surface area contributed by atoms with Gasteiger partial charge in [0.2, 0.25) is 0 Å². The van der Waals surface area contributed by atoms with Gasteiger partial charge in [-0.15, -0.1) is 0 Å².